The van der Waals surface area contributed by atoms with Gasteiger partial charge in [-0.3, -0.25) is 0 Å². The van der Waals surface area contributed by atoms with Crippen molar-refractivity contribution in [2.75, 3.05) is 14.2 Å². The number of hydrogen-bond acceptors (Lipinski definition) is 3. The number of methoxy groups -OCH3 is 2. The Hall–Kier alpha value is -1.20. The first-order valence-electron chi connectivity index (χ1n) is 3.85. The number of aliphatic carboxylic acids is 1. The predicted octanol–water partition coefficient (Wildman–Crippen LogP) is 1.49. The molecule has 0 rings (SSSR count). The van der Waals surface area contributed by atoms with Crippen LogP contribution in [-0.2, 0) is 14.3 Å². The summed E-state index contributed by atoms with van der Waals surface area (Å²) in [5.74, 6) is -2.82. The van der Waals surface area contributed by atoms with Gasteiger partial charge in [0.05, 0.1) is 0 Å². The third-order valence-electron chi connectivity index (χ3n) is 1.50. The highest BCUT2D eigenvalue weighted by Crippen LogP contribution is 2.07. The van der Waals surface area contributed by atoms with Gasteiger partial charge in [0.25, 0.3) is 0 Å². The maximum absolute atomic E-state index is 12.5. The Morgan fingerprint density at radius 2 is 1.86 bits per heavy atom. The summed E-state index contributed by atoms with van der Waals surface area (Å²) in [6.45, 7) is 1.64. The first-order chi connectivity index (χ1) is 6.52. The van der Waals surface area contributed by atoms with Gasteiger partial charge in [-0.2, -0.15) is 4.39 Å². The molecule has 14 heavy (non-hydrogen) atoms. The molecule has 0 unspecified atom stereocenters. The second kappa shape index (κ2) is 6.28. The molecule has 0 amide bonds. The Kier molecular flexibility index (Phi) is 5.74. The molecule has 80 valence electrons. The zero-order valence-corrected chi connectivity index (χ0v) is 8.28. The number of carbonyl (C=O) groups is 1. The van der Waals surface area contributed by atoms with Crippen molar-refractivity contribution in [1.29, 1.82) is 0 Å². The number of hydrogen-bond donors (Lipinski definition) is 1. The monoisotopic (exact) mass is 204 g/mol. The smallest absolute Gasteiger partial charge is 0.364 e. The van der Waals surface area contributed by atoms with Crippen LogP contribution in [0.1, 0.15) is 6.92 Å². The fraction of sp³-hybridized carbons (Fsp3) is 0.444. The summed E-state index contributed by atoms with van der Waals surface area (Å²) in [5.41, 5.74) is 0.575. The zero-order valence-electron chi connectivity index (χ0n) is 8.28. The van der Waals surface area contributed by atoms with E-state index in [1.54, 1.807) is 6.92 Å². The van der Waals surface area contributed by atoms with E-state index >= 15 is 0 Å². The Labute approximate surface area is 81.6 Å². The van der Waals surface area contributed by atoms with Gasteiger partial charge in [0.15, 0.2) is 6.29 Å². The van der Waals surface area contributed by atoms with Crippen LogP contribution in [0.15, 0.2) is 23.6 Å². The lowest BCUT2D eigenvalue weighted by Gasteiger charge is -2.12. The summed E-state index contributed by atoms with van der Waals surface area (Å²) in [6.07, 6.45) is 1.55. The Morgan fingerprint density at radius 3 is 2.21 bits per heavy atom. The summed E-state index contributed by atoms with van der Waals surface area (Å²) in [5, 5.41) is 8.21. The highest BCUT2D eigenvalue weighted by atomic mass is 19.1. The molecule has 4 nitrogen and oxygen atoms in total. The van der Waals surface area contributed by atoms with E-state index in [2.05, 4.69) is 0 Å². The molecule has 0 atom stereocenters. The summed E-state index contributed by atoms with van der Waals surface area (Å²) in [6, 6.07) is 0. The number of ether oxygens (including phenoxy) is 2. The molecule has 0 spiro atoms. The van der Waals surface area contributed by atoms with Crippen LogP contribution >= 0.6 is 0 Å². The number of carboxylic acid groups (broad SMARTS) is 1. The molecule has 0 radical (unpaired) electrons. The average molecular weight is 204 g/mol. The van der Waals surface area contributed by atoms with E-state index < -0.39 is 18.1 Å². The molecule has 0 heterocycles. The van der Waals surface area contributed by atoms with E-state index in [0.29, 0.717) is 5.57 Å². The van der Waals surface area contributed by atoms with Crippen molar-refractivity contribution >= 4 is 5.97 Å². The number of halogens is 1. The topological polar surface area (TPSA) is 55.8 Å². The lowest BCUT2D eigenvalue weighted by molar-refractivity contribution is -0.134. The van der Waals surface area contributed by atoms with Crippen molar-refractivity contribution in [1.82, 2.24) is 0 Å². The Bertz CT molecular complexity index is 254. The molecule has 0 fully saturated rings. The lowest BCUT2D eigenvalue weighted by atomic mass is 10.2. The summed E-state index contributed by atoms with van der Waals surface area (Å²) < 4.78 is 22.2. The summed E-state index contributed by atoms with van der Waals surface area (Å²) in [4.78, 5) is 10.1. The molecule has 0 aliphatic rings. The normalized spacial score (nSPS) is 13.5. The SMILES string of the molecule is COC(OC)C(C)=CC=C(F)C(=O)O. The van der Waals surface area contributed by atoms with Crippen LogP contribution in [0.2, 0.25) is 0 Å². The second-order valence-electron chi connectivity index (χ2n) is 2.53. The average Bonchev–Trinajstić information content (AvgIpc) is 2.15. The number of rotatable bonds is 5. The van der Waals surface area contributed by atoms with Crippen LogP contribution in [0.3, 0.4) is 0 Å². The third kappa shape index (κ3) is 4.15. The van der Waals surface area contributed by atoms with E-state index in [0.717, 1.165) is 6.08 Å². The standard InChI is InChI=1S/C9H13FO4/c1-6(9(13-2)14-3)4-5-7(10)8(11)12/h4-5,9H,1-3H3,(H,11,12). The largest absolute Gasteiger partial charge is 0.476 e. The maximum atomic E-state index is 12.5. The first-order valence-corrected chi connectivity index (χ1v) is 3.85. The van der Waals surface area contributed by atoms with Crippen LogP contribution in [-0.4, -0.2) is 31.6 Å². The summed E-state index contributed by atoms with van der Waals surface area (Å²) >= 11 is 0. The van der Waals surface area contributed by atoms with Gasteiger partial charge in [-0.05, 0) is 18.6 Å². The Balaban J connectivity index is 4.51. The molecule has 0 aromatic rings. The zero-order chi connectivity index (χ0) is 11.1. The molecule has 0 aromatic heterocycles. The molecule has 0 aliphatic carbocycles. The van der Waals surface area contributed by atoms with E-state index in [4.69, 9.17) is 14.6 Å². The quantitative estimate of drug-likeness (QED) is 0.418. The minimum Gasteiger partial charge on any atom is -0.476 e. The van der Waals surface area contributed by atoms with Crippen LogP contribution in [0, 0.1) is 0 Å². The van der Waals surface area contributed by atoms with Gasteiger partial charge in [0, 0.05) is 14.2 Å². The van der Waals surface area contributed by atoms with E-state index in [1.807, 2.05) is 0 Å². The van der Waals surface area contributed by atoms with Crippen LogP contribution in [0.5, 0.6) is 0 Å². The third-order valence-corrected chi connectivity index (χ3v) is 1.50. The molecule has 0 saturated carbocycles. The Morgan fingerprint density at radius 1 is 1.36 bits per heavy atom. The highest BCUT2D eigenvalue weighted by Gasteiger charge is 2.07. The van der Waals surface area contributed by atoms with Crippen LogP contribution < -0.4 is 0 Å². The van der Waals surface area contributed by atoms with Gasteiger partial charge < -0.3 is 14.6 Å². The number of allylic oxidation sites excluding steroid dienone is 2. The fourth-order valence-electron chi connectivity index (χ4n) is 0.822. The minimum atomic E-state index is -1.60. The van der Waals surface area contributed by atoms with E-state index in [1.165, 1.54) is 20.3 Å². The molecule has 0 aromatic carbocycles. The second-order valence-corrected chi connectivity index (χ2v) is 2.53. The maximum Gasteiger partial charge on any atom is 0.364 e. The highest BCUT2D eigenvalue weighted by molar-refractivity contribution is 5.84. The predicted molar refractivity (Wildman–Crippen MR) is 48.4 cm³/mol. The van der Waals surface area contributed by atoms with Crippen molar-refractivity contribution in [3.05, 3.63) is 23.6 Å². The lowest BCUT2D eigenvalue weighted by Crippen LogP contribution is -2.13. The fourth-order valence-corrected chi connectivity index (χ4v) is 0.822. The summed E-state index contributed by atoms with van der Waals surface area (Å²) in [7, 11) is 2.87. The molecule has 0 saturated heterocycles. The van der Waals surface area contributed by atoms with Crippen molar-refractivity contribution in [3.8, 4) is 0 Å². The van der Waals surface area contributed by atoms with Gasteiger partial charge in [-0.25, -0.2) is 4.79 Å². The van der Waals surface area contributed by atoms with Gasteiger partial charge in [-0.1, -0.05) is 6.08 Å². The van der Waals surface area contributed by atoms with Crippen molar-refractivity contribution < 1.29 is 23.8 Å². The first kappa shape index (κ1) is 12.8. The van der Waals surface area contributed by atoms with Gasteiger partial charge in [0.1, 0.15) is 0 Å². The number of carboxylic acids is 1. The molecular formula is C9H13FO4. The van der Waals surface area contributed by atoms with Gasteiger partial charge in [-0.15, -0.1) is 0 Å². The van der Waals surface area contributed by atoms with Crippen molar-refractivity contribution in [2.24, 2.45) is 0 Å². The van der Waals surface area contributed by atoms with E-state index in [-0.39, 0.29) is 0 Å². The van der Waals surface area contributed by atoms with Gasteiger partial charge in [0.2, 0.25) is 5.83 Å². The van der Waals surface area contributed by atoms with Gasteiger partial charge >= 0.3 is 5.97 Å². The molecule has 0 bridgehead atoms. The minimum absolute atomic E-state index is 0.575. The van der Waals surface area contributed by atoms with Crippen LogP contribution in [0.4, 0.5) is 4.39 Å². The molecule has 1 N–H and O–H groups in total. The molecule has 0 aliphatic heterocycles. The molecule has 5 heteroatoms. The molecular weight excluding hydrogens is 191 g/mol. The van der Waals surface area contributed by atoms with E-state index in [9.17, 15) is 9.18 Å². The van der Waals surface area contributed by atoms with Crippen molar-refractivity contribution in [3.63, 3.8) is 0 Å². The van der Waals surface area contributed by atoms with Crippen molar-refractivity contribution in [2.45, 2.75) is 13.2 Å². The van der Waals surface area contributed by atoms with Crippen LogP contribution in [0.25, 0.3) is 0 Å².